The van der Waals surface area contributed by atoms with Crippen LogP contribution in [0, 0.1) is 0 Å². The van der Waals surface area contributed by atoms with E-state index in [-0.39, 0.29) is 41.4 Å². The second-order valence-corrected chi connectivity index (χ2v) is 4.67. The van der Waals surface area contributed by atoms with Gasteiger partial charge in [0.15, 0.2) is 11.5 Å². The van der Waals surface area contributed by atoms with Gasteiger partial charge in [0.25, 0.3) is 0 Å². The van der Waals surface area contributed by atoms with Gasteiger partial charge in [-0.2, -0.15) is 13.2 Å². The third-order valence-corrected chi connectivity index (χ3v) is 2.91. The average Bonchev–Trinajstić information content (AvgIpc) is 2.41. The summed E-state index contributed by atoms with van der Waals surface area (Å²) in [5.41, 5.74) is -3.98. The first-order valence-corrected chi connectivity index (χ1v) is 6.44. The predicted molar refractivity (Wildman–Crippen MR) is 68.9 cm³/mol. The summed E-state index contributed by atoms with van der Waals surface area (Å²) >= 11 is -0.175. The van der Waals surface area contributed by atoms with Gasteiger partial charge in [0.05, 0.1) is 20.8 Å². The van der Waals surface area contributed by atoms with Gasteiger partial charge in [-0.1, -0.05) is 0 Å². The van der Waals surface area contributed by atoms with Crippen molar-refractivity contribution < 1.29 is 32.2 Å². The molecule has 1 aromatic rings. The second kappa shape index (κ2) is 7.28. The van der Waals surface area contributed by atoms with Crippen molar-refractivity contribution in [1.29, 1.82) is 0 Å². The Morgan fingerprint density at radius 3 is 2.15 bits per heavy atom. The number of halogens is 3. The van der Waals surface area contributed by atoms with E-state index in [1.54, 1.807) is 0 Å². The van der Waals surface area contributed by atoms with Crippen molar-refractivity contribution in [3.05, 3.63) is 17.7 Å². The number of hydrogen-bond donors (Lipinski definition) is 0. The van der Waals surface area contributed by atoms with Crippen LogP contribution in [0.1, 0.15) is 10.4 Å². The molecule has 0 aliphatic rings. The zero-order chi connectivity index (χ0) is 15.2. The molecule has 0 unspecified atom stereocenters. The highest BCUT2D eigenvalue weighted by molar-refractivity contribution is 8.00. The van der Waals surface area contributed by atoms with Crippen molar-refractivity contribution in [3.8, 4) is 17.2 Å². The Morgan fingerprint density at radius 2 is 1.75 bits per heavy atom. The molecular formula is C12H13F3O4S. The van der Waals surface area contributed by atoms with Gasteiger partial charge in [-0.3, -0.25) is 4.79 Å². The molecule has 0 spiro atoms. The summed E-state index contributed by atoms with van der Waals surface area (Å²) in [4.78, 5) is 10.7. The van der Waals surface area contributed by atoms with E-state index in [9.17, 15) is 18.0 Å². The maximum Gasteiger partial charge on any atom is 0.441 e. The van der Waals surface area contributed by atoms with Crippen LogP contribution in [-0.4, -0.2) is 38.4 Å². The zero-order valence-electron chi connectivity index (χ0n) is 10.8. The summed E-state index contributed by atoms with van der Waals surface area (Å²) < 4.78 is 51.3. The molecule has 4 nitrogen and oxygen atoms in total. The van der Waals surface area contributed by atoms with Crippen molar-refractivity contribution in [3.63, 3.8) is 0 Å². The summed E-state index contributed by atoms with van der Waals surface area (Å²) in [5.74, 6) is 0.362. The number of methoxy groups -OCH3 is 2. The van der Waals surface area contributed by atoms with E-state index in [0.717, 1.165) is 0 Å². The van der Waals surface area contributed by atoms with Crippen LogP contribution in [-0.2, 0) is 0 Å². The van der Waals surface area contributed by atoms with Crippen LogP contribution in [0.5, 0.6) is 17.2 Å². The lowest BCUT2D eigenvalue weighted by molar-refractivity contribution is -0.0329. The van der Waals surface area contributed by atoms with Gasteiger partial charge in [-0.05, 0) is 23.9 Å². The Hall–Kier alpha value is -1.57. The first-order valence-electron chi connectivity index (χ1n) is 5.46. The standard InChI is InChI=1S/C12H13F3O4S/c1-17-9-5-8(7-16)6-10(18-2)11(9)19-3-4-20-12(13,14)15/h5-7H,3-4H2,1-2H3. The molecule has 0 aliphatic carbocycles. The molecule has 1 aromatic carbocycles. The topological polar surface area (TPSA) is 44.8 Å². The molecule has 0 fully saturated rings. The van der Waals surface area contributed by atoms with Crippen molar-refractivity contribution >= 4 is 18.0 Å². The third-order valence-electron chi connectivity index (χ3n) is 2.21. The first-order chi connectivity index (χ1) is 9.41. The number of aldehydes is 1. The van der Waals surface area contributed by atoms with Crippen LogP contribution in [0.3, 0.4) is 0 Å². The maximum absolute atomic E-state index is 12.0. The highest BCUT2D eigenvalue weighted by Gasteiger charge is 2.27. The first kappa shape index (κ1) is 16.5. The Balaban J connectivity index is 2.79. The highest BCUT2D eigenvalue weighted by Crippen LogP contribution is 2.38. The summed E-state index contributed by atoms with van der Waals surface area (Å²) in [6.45, 7) is -0.169. The average molecular weight is 310 g/mol. The quantitative estimate of drug-likeness (QED) is 0.572. The van der Waals surface area contributed by atoms with Gasteiger partial charge in [0, 0.05) is 11.3 Å². The van der Waals surface area contributed by atoms with Crippen LogP contribution in [0.15, 0.2) is 12.1 Å². The van der Waals surface area contributed by atoms with E-state index in [1.165, 1.54) is 26.4 Å². The number of hydrogen-bond acceptors (Lipinski definition) is 5. The summed E-state index contributed by atoms with van der Waals surface area (Å²) in [6.07, 6.45) is 0.605. The lowest BCUT2D eigenvalue weighted by Gasteiger charge is -2.15. The molecule has 8 heteroatoms. The van der Waals surface area contributed by atoms with Crippen LogP contribution in [0.4, 0.5) is 13.2 Å². The van der Waals surface area contributed by atoms with Gasteiger partial charge in [-0.15, -0.1) is 0 Å². The molecule has 0 atom stereocenters. The van der Waals surface area contributed by atoms with Gasteiger partial charge >= 0.3 is 5.51 Å². The largest absolute Gasteiger partial charge is 0.493 e. The zero-order valence-corrected chi connectivity index (χ0v) is 11.6. The number of carbonyl (C=O) groups is 1. The lowest BCUT2D eigenvalue weighted by atomic mass is 10.2. The molecule has 1 rings (SSSR count). The minimum absolute atomic E-state index is 0.169. The Morgan fingerprint density at radius 1 is 1.20 bits per heavy atom. The smallest absolute Gasteiger partial charge is 0.441 e. The van der Waals surface area contributed by atoms with Gasteiger partial charge in [-0.25, -0.2) is 0 Å². The minimum Gasteiger partial charge on any atom is -0.493 e. The maximum atomic E-state index is 12.0. The fourth-order valence-electron chi connectivity index (χ4n) is 1.41. The van der Waals surface area contributed by atoms with Crippen molar-refractivity contribution in [2.24, 2.45) is 0 Å². The molecular weight excluding hydrogens is 297 g/mol. The molecule has 0 aromatic heterocycles. The van der Waals surface area contributed by atoms with E-state index < -0.39 is 5.51 Å². The Bertz CT molecular complexity index is 438. The van der Waals surface area contributed by atoms with Gasteiger partial charge in [0.2, 0.25) is 5.75 Å². The molecule has 20 heavy (non-hydrogen) atoms. The van der Waals surface area contributed by atoms with Crippen molar-refractivity contribution in [2.45, 2.75) is 5.51 Å². The molecule has 0 amide bonds. The number of benzene rings is 1. The number of carbonyl (C=O) groups excluding carboxylic acids is 1. The Labute approximate surface area is 118 Å². The lowest BCUT2D eigenvalue weighted by Crippen LogP contribution is -2.08. The number of thioether (sulfide) groups is 1. The van der Waals surface area contributed by atoms with E-state index in [4.69, 9.17) is 14.2 Å². The summed E-state index contributed by atoms with van der Waals surface area (Å²) in [6, 6.07) is 2.84. The molecule has 112 valence electrons. The highest BCUT2D eigenvalue weighted by atomic mass is 32.2. The SMILES string of the molecule is COc1cc(C=O)cc(OC)c1OCCSC(F)(F)F. The van der Waals surface area contributed by atoms with Crippen molar-refractivity contribution in [2.75, 3.05) is 26.6 Å². The second-order valence-electron chi connectivity index (χ2n) is 3.52. The molecule has 0 saturated carbocycles. The summed E-state index contributed by atoms with van der Waals surface area (Å²) in [7, 11) is 2.72. The van der Waals surface area contributed by atoms with E-state index in [2.05, 4.69) is 0 Å². The van der Waals surface area contributed by atoms with Crippen LogP contribution in [0.25, 0.3) is 0 Å². The predicted octanol–water partition coefficient (Wildman–Crippen LogP) is 3.15. The Kier molecular flexibility index (Phi) is 6.00. The van der Waals surface area contributed by atoms with Gasteiger partial charge in [0.1, 0.15) is 6.29 Å². The molecule has 0 radical (unpaired) electrons. The number of rotatable bonds is 7. The summed E-state index contributed by atoms with van der Waals surface area (Å²) in [5, 5.41) is 0. The molecule has 0 heterocycles. The molecule has 0 saturated heterocycles. The fraction of sp³-hybridized carbons (Fsp3) is 0.417. The molecule has 0 bridgehead atoms. The fourth-order valence-corrected chi connectivity index (χ4v) is 1.81. The third kappa shape index (κ3) is 4.84. The van der Waals surface area contributed by atoms with Crippen LogP contribution < -0.4 is 14.2 Å². The van der Waals surface area contributed by atoms with Gasteiger partial charge < -0.3 is 14.2 Å². The van der Waals surface area contributed by atoms with E-state index in [1.807, 2.05) is 0 Å². The van der Waals surface area contributed by atoms with E-state index in [0.29, 0.717) is 11.8 Å². The molecule has 0 N–H and O–H groups in total. The molecule has 0 aliphatic heterocycles. The minimum atomic E-state index is -4.29. The number of alkyl halides is 3. The van der Waals surface area contributed by atoms with E-state index >= 15 is 0 Å². The van der Waals surface area contributed by atoms with Crippen molar-refractivity contribution in [1.82, 2.24) is 0 Å². The monoisotopic (exact) mass is 310 g/mol. The number of ether oxygens (including phenoxy) is 3. The van der Waals surface area contributed by atoms with Crippen LogP contribution >= 0.6 is 11.8 Å². The normalized spacial score (nSPS) is 11.1. The van der Waals surface area contributed by atoms with Crippen LogP contribution in [0.2, 0.25) is 0 Å².